The smallest absolute Gasteiger partial charge is 0 e. The second-order valence-corrected chi connectivity index (χ2v) is 0. The van der Waals surface area contributed by atoms with Crippen molar-refractivity contribution in [3.8, 4) is 0 Å². The van der Waals surface area contributed by atoms with E-state index in [1.54, 1.807) is 0 Å². The summed E-state index contributed by atoms with van der Waals surface area (Å²) in [6, 6.07) is 0. The first kappa shape index (κ1) is 29.8. The van der Waals surface area contributed by atoms with Gasteiger partial charge in [0.1, 0.15) is 0 Å². The third-order valence-electron chi connectivity index (χ3n) is 0. The van der Waals surface area contributed by atoms with Gasteiger partial charge in [0.25, 0.3) is 0 Å². The van der Waals surface area contributed by atoms with E-state index < -0.39 is 0 Å². The number of halogens is 3. The molecule has 0 amide bonds. The normalized spacial score (nSPS) is 0. The molecular formula is H3BaBrFI. The molecule has 0 aliphatic carbocycles. The van der Waals surface area contributed by atoms with E-state index in [1.165, 1.54) is 0 Å². The Bertz CT molecular complexity index is 8.00. The van der Waals surface area contributed by atoms with Gasteiger partial charge < -0.3 is 0 Å². The molecule has 0 fully saturated rings. The number of hydrogen-bond acceptors (Lipinski definition) is 0. The summed E-state index contributed by atoms with van der Waals surface area (Å²) < 4.78 is 0. The average molecular weight is 366 g/mol. The summed E-state index contributed by atoms with van der Waals surface area (Å²) in [4.78, 5) is 0. The summed E-state index contributed by atoms with van der Waals surface area (Å²) in [5, 5.41) is 0. The van der Waals surface area contributed by atoms with Gasteiger partial charge in [0.15, 0.2) is 0 Å². The van der Waals surface area contributed by atoms with Crippen LogP contribution in [-0.2, 0) is 0 Å². The summed E-state index contributed by atoms with van der Waals surface area (Å²) in [6.07, 6.45) is 0. The van der Waals surface area contributed by atoms with Crippen LogP contribution in [0, 0.1) is 0 Å². The molecule has 0 aliphatic rings. The van der Waals surface area contributed by atoms with Gasteiger partial charge in [-0.1, -0.05) is 0 Å². The summed E-state index contributed by atoms with van der Waals surface area (Å²) in [5.74, 6) is 0. The Morgan fingerprint density at radius 1 is 1.00 bits per heavy atom. The zero-order valence-corrected chi connectivity index (χ0v) is 10.4. The van der Waals surface area contributed by atoms with Gasteiger partial charge in [-0.05, 0) is 0 Å². The summed E-state index contributed by atoms with van der Waals surface area (Å²) >= 11 is 0. The van der Waals surface area contributed by atoms with Crippen molar-refractivity contribution < 1.29 is 4.70 Å². The summed E-state index contributed by atoms with van der Waals surface area (Å²) in [7, 11) is 0. The molecule has 0 heterocycles. The first-order chi connectivity index (χ1) is 0. The van der Waals surface area contributed by atoms with Crippen molar-refractivity contribution in [3.05, 3.63) is 0 Å². The molecule has 4 heavy (non-hydrogen) atoms. The van der Waals surface area contributed by atoms with Crippen LogP contribution in [0.1, 0.15) is 0 Å². The van der Waals surface area contributed by atoms with Crippen LogP contribution >= 0.6 is 41.0 Å². The monoisotopic (exact) mass is 366 g/mol. The Labute approximate surface area is 92.3 Å². The van der Waals surface area contributed by atoms with Crippen LogP contribution in [0.15, 0.2) is 0 Å². The van der Waals surface area contributed by atoms with Crippen molar-refractivity contribution in [1.29, 1.82) is 0 Å². The zero-order valence-electron chi connectivity index (χ0n) is 1.93. The molecule has 0 N–H and O–H groups in total. The first-order valence-corrected chi connectivity index (χ1v) is 0. The Balaban J connectivity index is 0. The predicted octanol–water partition coefficient (Wildman–Crippen LogP) is 0.968. The molecule has 0 spiro atoms. The van der Waals surface area contributed by atoms with E-state index in [-0.39, 0.29) is 94.5 Å². The number of rotatable bonds is 0. The molecule has 2 radical (unpaired) electrons. The second-order valence-electron chi connectivity index (χ2n) is 0. The van der Waals surface area contributed by atoms with Crippen molar-refractivity contribution >= 4 is 89.8 Å². The van der Waals surface area contributed by atoms with E-state index in [0.717, 1.165) is 0 Å². The molecule has 4 heteroatoms. The van der Waals surface area contributed by atoms with E-state index in [2.05, 4.69) is 0 Å². The van der Waals surface area contributed by atoms with Gasteiger partial charge in [-0.2, -0.15) is 0 Å². The Morgan fingerprint density at radius 2 is 1.00 bits per heavy atom. The molecule has 0 unspecified atom stereocenters. The van der Waals surface area contributed by atoms with Gasteiger partial charge in [-0.3, -0.25) is 4.70 Å². The van der Waals surface area contributed by atoms with Gasteiger partial charge in [0, 0.05) is 48.9 Å². The molecule has 0 saturated carbocycles. The molecule has 0 saturated heterocycles. The maximum atomic E-state index is 0. The van der Waals surface area contributed by atoms with E-state index >= 15 is 0 Å². The minimum Gasteiger partial charge on any atom is -0.269 e. The fraction of sp³-hybridized carbons (Fsp3) is 0. The van der Waals surface area contributed by atoms with Crippen molar-refractivity contribution in [1.82, 2.24) is 0 Å². The maximum Gasteiger partial charge on any atom is 0 e. The van der Waals surface area contributed by atoms with Crippen LogP contribution in [0.25, 0.3) is 0 Å². The van der Waals surface area contributed by atoms with E-state index in [4.69, 9.17) is 0 Å². The Kier molecular flexibility index (Phi) is 128. The summed E-state index contributed by atoms with van der Waals surface area (Å²) in [5.41, 5.74) is 0. The van der Waals surface area contributed by atoms with Crippen LogP contribution in [0.5, 0.6) is 0 Å². The third kappa shape index (κ3) is 8.83. The molecule has 26 valence electrons. The quantitative estimate of drug-likeness (QED) is 0.443. The summed E-state index contributed by atoms with van der Waals surface area (Å²) in [6.45, 7) is 0. The largest absolute Gasteiger partial charge is 0.269 e. The number of hydrogen-bond donors (Lipinski definition) is 0. The standard InChI is InChI=1S/Ba.BrH.FH.HI/h;3*1H. The Morgan fingerprint density at radius 3 is 1.00 bits per heavy atom. The Hall–Kier alpha value is 2.71. The van der Waals surface area contributed by atoms with E-state index in [0.29, 0.717) is 0 Å². The topological polar surface area (TPSA) is 0 Å². The van der Waals surface area contributed by atoms with Crippen LogP contribution in [-0.4, -0.2) is 48.9 Å². The van der Waals surface area contributed by atoms with Gasteiger partial charge in [-0.15, -0.1) is 41.0 Å². The molecule has 0 atom stereocenters. The molecule has 0 aromatic rings. The molecular weight excluding hydrogens is 363 g/mol. The molecule has 0 aromatic heterocycles. The predicted molar refractivity (Wildman–Crippen MR) is 34.0 cm³/mol. The fourth-order valence-corrected chi connectivity index (χ4v) is 0. The first-order valence-electron chi connectivity index (χ1n) is 0. The average Bonchev–Trinajstić information content (AvgIpc) is 0. The van der Waals surface area contributed by atoms with Gasteiger partial charge in [0.05, 0.1) is 0 Å². The van der Waals surface area contributed by atoms with Crippen molar-refractivity contribution in [2.24, 2.45) is 0 Å². The van der Waals surface area contributed by atoms with Gasteiger partial charge >= 0.3 is 0 Å². The molecule has 0 rings (SSSR count). The minimum atomic E-state index is 0. The molecule has 0 aliphatic heterocycles. The third-order valence-corrected chi connectivity index (χ3v) is 0. The van der Waals surface area contributed by atoms with Crippen molar-refractivity contribution in [2.45, 2.75) is 0 Å². The van der Waals surface area contributed by atoms with E-state index in [9.17, 15) is 0 Å². The van der Waals surface area contributed by atoms with Gasteiger partial charge in [0.2, 0.25) is 0 Å². The van der Waals surface area contributed by atoms with Crippen molar-refractivity contribution in [2.75, 3.05) is 0 Å². The maximum absolute atomic E-state index is 0. The van der Waals surface area contributed by atoms with Crippen LogP contribution < -0.4 is 0 Å². The molecule has 0 aromatic carbocycles. The minimum absolute atomic E-state index is 0. The zero-order chi connectivity index (χ0) is 0. The second kappa shape index (κ2) is 17.2. The van der Waals surface area contributed by atoms with Crippen LogP contribution in [0.3, 0.4) is 0 Å². The molecule has 0 nitrogen and oxygen atoms in total. The van der Waals surface area contributed by atoms with Crippen LogP contribution in [0.4, 0.5) is 4.70 Å². The van der Waals surface area contributed by atoms with E-state index in [1.807, 2.05) is 0 Å². The SMILES string of the molecule is Br.F.I.[Ba]. The van der Waals surface area contributed by atoms with Crippen molar-refractivity contribution in [3.63, 3.8) is 0 Å². The fourth-order valence-electron chi connectivity index (χ4n) is 0. The van der Waals surface area contributed by atoms with Crippen LogP contribution in [0.2, 0.25) is 0 Å². The molecule has 0 bridgehead atoms. The van der Waals surface area contributed by atoms with Gasteiger partial charge in [-0.25, -0.2) is 0 Å².